The average molecular weight is 460 g/mol. The first-order valence-electron chi connectivity index (χ1n) is 11.1. The lowest BCUT2D eigenvalue weighted by molar-refractivity contribution is -0.136. The van der Waals surface area contributed by atoms with Crippen LogP contribution >= 0.6 is 0 Å². The smallest absolute Gasteiger partial charge is 0.258 e. The highest BCUT2D eigenvalue weighted by Crippen LogP contribution is 2.36. The van der Waals surface area contributed by atoms with E-state index in [9.17, 15) is 9.59 Å². The van der Waals surface area contributed by atoms with Crippen molar-refractivity contribution in [2.45, 2.75) is 20.4 Å². The number of rotatable bonds is 5. The Morgan fingerprint density at radius 1 is 1.21 bits per heavy atom. The molecule has 10 heteroatoms. The van der Waals surface area contributed by atoms with Crippen molar-refractivity contribution in [3.63, 3.8) is 0 Å². The Balaban J connectivity index is 1.36. The molecule has 0 bridgehead atoms. The third-order valence-corrected chi connectivity index (χ3v) is 5.96. The molecule has 0 atom stereocenters. The largest absolute Gasteiger partial charge is 0.378 e. The van der Waals surface area contributed by atoms with Crippen molar-refractivity contribution in [2.75, 3.05) is 36.9 Å². The Kier molecular flexibility index (Phi) is 5.81. The average Bonchev–Trinajstić information content (AvgIpc) is 3.42. The lowest BCUT2D eigenvalue weighted by atomic mass is 10.0. The number of pyridine rings is 2. The van der Waals surface area contributed by atoms with Gasteiger partial charge in [-0.1, -0.05) is 0 Å². The van der Waals surface area contributed by atoms with E-state index in [2.05, 4.69) is 25.7 Å². The molecule has 3 aromatic heterocycles. The van der Waals surface area contributed by atoms with Gasteiger partial charge >= 0.3 is 0 Å². The van der Waals surface area contributed by atoms with Gasteiger partial charge in [-0.2, -0.15) is 5.10 Å². The first kappa shape index (κ1) is 21.8. The molecule has 0 radical (unpaired) electrons. The van der Waals surface area contributed by atoms with Crippen LogP contribution in [0.2, 0.25) is 0 Å². The molecular formula is C24H25N7O3. The van der Waals surface area contributed by atoms with Crippen LogP contribution in [0.1, 0.15) is 18.1 Å². The van der Waals surface area contributed by atoms with Crippen LogP contribution in [-0.4, -0.2) is 62.8 Å². The van der Waals surface area contributed by atoms with Crippen LogP contribution in [-0.2, 0) is 20.9 Å². The SMILES string of the molecule is C/C(Nc1ccn(CC(=O)N2CCOCC2)n1)=C1/C(=O)Nc2cnc(-c3cnccc3C)cc21. The number of nitrogens with one attached hydrogen (secondary N) is 2. The van der Waals surface area contributed by atoms with E-state index in [0.717, 1.165) is 22.4 Å². The van der Waals surface area contributed by atoms with Crippen molar-refractivity contribution in [1.82, 2.24) is 24.6 Å². The first-order valence-corrected chi connectivity index (χ1v) is 11.1. The molecule has 5 rings (SSSR count). The lowest BCUT2D eigenvalue weighted by Gasteiger charge is -2.26. The van der Waals surface area contributed by atoms with Gasteiger partial charge in [-0.25, -0.2) is 0 Å². The molecule has 2 aliphatic rings. The molecule has 2 aliphatic heterocycles. The Hall–Kier alpha value is -4.05. The van der Waals surface area contributed by atoms with E-state index >= 15 is 0 Å². The molecule has 1 saturated heterocycles. The number of ether oxygens (including phenoxy) is 1. The third kappa shape index (κ3) is 4.27. The molecular weight excluding hydrogens is 434 g/mol. The Morgan fingerprint density at radius 2 is 2.03 bits per heavy atom. The molecule has 2 amide bonds. The molecule has 5 heterocycles. The summed E-state index contributed by atoms with van der Waals surface area (Å²) in [5, 5.41) is 10.5. The van der Waals surface area contributed by atoms with E-state index in [1.165, 1.54) is 0 Å². The summed E-state index contributed by atoms with van der Waals surface area (Å²) in [6.07, 6.45) is 6.92. The Morgan fingerprint density at radius 3 is 2.82 bits per heavy atom. The number of anilines is 2. The minimum Gasteiger partial charge on any atom is -0.378 e. The van der Waals surface area contributed by atoms with Crippen molar-refractivity contribution < 1.29 is 14.3 Å². The fraction of sp³-hybridized carbons (Fsp3) is 0.292. The van der Waals surface area contributed by atoms with Gasteiger partial charge in [0.15, 0.2) is 5.82 Å². The minimum absolute atomic E-state index is 0.00264. The summed E-state index contributed by atoms with van der Waals surface area (Å²) in [6, 6.07) is 5.61. The number of nitrogens with zero attached hydrogens (tertiary/aromatic N) is 5. The summed E-state index contributed by atoms with van der Waals surface area (Å²) in [4.78, 5) is 35.7. The molecule has 0 saturated carbocycles. The second-order valence-corrected chi connectivity index (χ2v) is 8.28. The van der Waals surface area contributed by atoms with Gasteiger partial charge in [0.05, 0.1) is 36.4 Å². The van der Waals surface area contributed by atoms with Crippen molar-refractivity contribution in [3.8, 4) is 11.3 Å². The van der Waals surface area contributed by atoms with Crippen molar-refractivity contribution in [1.29, 1.82) is 0 Å². The van der Waals surface area contributed by atoms with Gasteiger partial charge in [-0.05, 0) is 31.5 Å². The standard InChI is InChI=1S/C24H25N7O3/c1-15-3-5-25-12-18(15)19-11-17-20(13-26-19)28-24(33)23(17)16(2)27-21-4-6-31(29-21)14-22(32)30-7-9-34-10-8-30/h3-6,11-13H,7-10,14H2,1-2H3,(H,27,29)(H,28,33)/b23-16-. The summed E-state index contributed by atoms with van der Waals surface area (Å²) >= 11 is 0. The number of allylic oxidation sites excluding steroid dienone is 1. The second kappa shape index (κ2) is 9.06. The van der Waals surface area contributed by atoms with Gasteiger partial charge in [0.2, 0.25) is 5.91 Å². The molecule has 34 heavy (non-hydrogen) atoms. The van der Waals surface area contributed by atoms with E-state index < -0.39 is 0 Å². The van der Waals surface area contributed by atoms with Crippen LogP contribution in [0.15, 0.2) is 48.7 Å². The van der Waals surface area contributed by atoms with Gasteiger partial charge in [0, 0.05) is 54.6 Å². The van der Waals surface area contributed by atoms with Gasteiger partial charge in [-0.15, -0.1) is 0 Å². The molecule has 174 valence electrons. The topological polar surface area (TPSA) is 114 Å². The first-order chi connectivity index (χ1) is 16.5. The zero-order valence-corrected chi connectivity index (χ0v) is 19.0. The highest BCUT2D eigenvalue weighted by molar-refractivity contribution is 6.32. The normalized spacial score (nSPS) is 16.8. The summed E-state index contributed by atoms with van der Waals surface area (Å²) in [5.74, 6) is 0.352. The zero-order chi connectivity index (χ0) is 23.7. The second-order valence-electron chi connectivity index (χ2n) is 8.28. The number of carbonyl (C=O) groups excluding carboxylic acids is 2. The molecule has 0 unspecified atom stereocenters. The van der Waals surface area contributed by atoms with E-state index in [1.807, 2.05) is 26.0 Å². The van der Waals surface area contributed by atoms with Crippen LogP contribution in [0.25, 0.3) is 16.8 Å². The summed E-state index contributed by atoms with van der Waals surface area (Å²) in [6.45, 7) is 6.30. The van der Waals surface area contributed by atoms with Gasteiger partial charge in [0.1, 0.15) is 6.54 Å². The van der Waals surface area contributed by atoms with E-state index in [4.69, 9.17) is 4.74 Å². The maximum absolute atomic E-state index is 12.8. The Bertz CT molecular complexity index is 1290. The monoisotopic (exact) mass is 459 g/mol. The van der Waals surface area contributed by atoms with E-state index in [-0.39, 0.29) is 18.4 Å². The molecule has 2 N–H and O–H groups in total. The number of amides is 2. The summed E-state index contributed by atoms with van der Waals surface area (Å²) < 4.78 is 6.89. The number of morpholine rings is 1. The van der Waals surface area contributed by atoms with Gasteiger partial charge < -0.3 is 20.3 Å². The van der Waals surface area contributed by atoms with Crippen LogP contribution in [0.3, 0.4) is 0 Å². The number of carbonyl (C=O) groups is 2. The molecule has 1 fully saturated rings. The maximum atomic E-state index is 12.8. The van der Waals surface area contributed by atoms with Crippen LogP contribution < -0.4 is 10.6 Å². The number of hydrogen-bond acceptors (Lipinski definition) is 7. The van der Waals surface area contributed by atoms with Crippen LogP contribution in [0.4, 0.5) is 11.5 Å². The molecule has 0 aliphatic carbocycles. The molecule has 0 spiro atoms. The molecule has 3 aromatic rings. The quantitative estimate of drug-likeness (QED) is 0.563. The fourth-order valence-corrected chi connectivity index (χ4v) is 4.14. The van der Waals surface area contributed by atoms with E-state index in [0.29, 0.717) is 49.1 Å². The predicted molar refractivity (Wildman–Crippen MR) is 127 cm³/mol. The van der Waals surface area contributed by atoms with Crippen LogP contribution in [0, 0.1) is 6.92 Å². The molecule has 0 aromatic carbocycles. The van der Waals surface area contributed by atoms with Crippen molar-refractivity contribution >= 4 is 28.9 Å². The van der Waals surface area contributed by atoms with Crippen LogP contribution in [0.5, 0.6) is 0 Å². The highest BCUT2D eigenvalue weighted by Gasteiger charge is 2.28. The minimum atomic E-state index is -0.205. The number of aryl methyl sites for hydroxylation is 1. The highest BCUT2D eigenvalue weighted by atomic mass is 16.5. The predicted octanol–water partition coefficient (Wildman–Crippen LogP) is 2.30. The number of fused-ring (bicyclic) bond motifs is 1. The lowest BCUT2D eigenvalue weighted by Crippen LogP contribution is -2.42. The zero-order valence-electron chi connectivity index (χ0n) is 19.0. The van der Waals surface area contributed by atoms with Gasteiger partial charge in [0.25, 0.3) is 5.91 Å². The summed E-state index contributed by atoms with van der Waals surface area (Å²) in [5.41, 5.74) is 5.33. The maximum Gasteiger partial charge on any atom is 0.258 e. The van der Waals surface area contributed by atoms with Gasteiger partial charge in [-0.3, -0.25) is 24.2 Å². The van der Waals surface area contributed by atoms with Crippen molar-refractivity contribution in [3.05, 3.63) is 59.8 Å². The summed E-state index contributed by atoms with van der Waals surface area (Å²) in [7, 11) is 0. The third-order valence-electron chi connectivity index (χ3n) is 5.96. The number of hydrogen-bond donors (Lipinski definition) is 2. The van der Waals surface area contributed by atoms with E-state index in [1.54, 1.807) is 40.4 Å². The fourth-order valence-electron chi connectivity index (χ4n) is 4.14. The Labute approximate surface area is 196 Å². The molecule has 10 nitrogen and oxygen atoms in total. The van der Waals surface area contributed by atoms with Crippen molar-refractivity contribution in [2.24, 2.45) is 0 Å². The number of aromatic nitrogens is 4.